The van der Waals surface area contributed by atoms with Gasteiger partial charge < -0.3 is 15.0 Å². The van der Waals surface area contributed by atoms with Crippen molar-refractivity contribution in [3.05, 3.63) is 23.2 Å². The highest BCUT2D eigenvalue weighted by molar-refractivity contribution is 6.31. The minimum absolute atomic E-state index is 0.0212. The number of anilines is 1. The quantitative estimate of drug-likeness (QED) is 0.847. The summed E-state index contributed by atoms with van der Waals surface area (Å²) in [5.74, 6) is -0.479. The molecule has 1 N–H and O–H groups in total. The third-order valence-electron chi connectivity index (χ3n) is 2.97. The Bertz CT molecular complexity index is 605. The molecule has 1 heterocycles. The van der Waals surface area contributed by atoms with E-state index in [2.05, 4.69) is 5.32 Å². The maximum Gasteiger partial charge on any atom is 0.327 e. The van der Waals surface area contributed by atoms with Crippen molar-refractivity contribution in [2.45, 2.75) is 0 Å². The molecular weight excluding hydrogens is 298 g/mol. The summed E-state index contributed by atoms with van der Waals surface area (Å²) in [7, 11) is 2.96. The Morgan fingerprint density at radius 2 is 2.14 bits per heavy atom. The van der Waals surface area contributed by atoms with Crippen LogP contribution in [0.15, 0.2) is 18.2 Å². The number of amides is 4. The maximum absolute atomic E-state index is 12.0. The number of halogens is 1. The van der Waals surface area contributed by atoms with Crippen LogP contribution in [0.1, 0.15) is 0 Å². The molecule has 0 bridgehead atoms. The summed E-state index contributed by atoms with van der Waals surface area (Å²) in [6.45, 7) is -0.371. The Hall–Kier alpha value is -2.28. The van der Waals surface area contributed by atoms with Crippen LogP contribution in [0.2, 0.25) is 5.02 Å². The first-order chi connectivity index (χ1) is 9.92. The first-order valence-corrected chi connectivity index (χ1v) is 6.49. The van der Waals surface area contributed by atoms with Crippen molar-refractivity contribution in [1.82, 2.24) is 9.80 Å². The number of likely N-dealkylation sites (N-methyl/N-ethyl adjacent to an activating group) is 1. The standard InChI is InChI=1S/C13H14ClN3O4/c1-16-7-12(19)17(13(16)20)6-11(18)15-9-5-8(14)3-4-10(9)21-2/h3-5H,6-7H2,1-2H3,(H,15,18). The molecule has 1 aliphatic rings. The third-order valence-corrected chi connectivity index (χ3v) is 3.20. The molecule has 1 saturated heterocycles. The number of carbonyl (C=O) groups is 3. The number of urea groups is 1. The minimum atomic E-state index is -0.507. The number of nitrogens with one attached hydrogen (secondary N) is 1. The van der Waals surface area contributed by atoms with E-state index in [-0.39, 0.29) is 13.1 Å². The van der Waals surface area contributed by atoms with Gasteiger partial charge in [-0.3, -0.25) is 14.5 Å². The predicted octanol–water partition coefficient (Wildman–Crippen LogP) is 1.18. The van der Waals surface area contributed by atoms with E-state index in [4.69, 9.17) is 16.3 Å². The molecule has 0 radical (unpaired) electrons. The van der Waals surface area contributed by atoms with Gasteiger partial charge in [-0.1, -0.05) is 11.6 Å². The summed E-state index contributed by atoms with van der Waals surface area (Å²) < 4.78 is 5.10. The second-order valence-electron chi connectivity index (χ2n) is 4.51. The van der Waals surface area contributed by atoms with Crippen LogP contribution in [0.5, 0.6) is 5.75 Å². The van der Waals surface area contributed by atoms with Crippen LogP contribution in [0.25, 0.3) is 0 Å². The summed E-state index contributed by atoms with van der Waals surface area (Å²) in [6, 6.07) is 4.27. The Kier molecular flexibility index (Phi) is 4.32. The number of ether oxygens (including phenoxy) is 1. The van der Waals surface area contributed by atoms with Crippen molar-refractivity contribution in [2.24, 2.45) is 0 Å². The highest BCUT2D eigenvalue weighted by Crippen LogP contribution is 2.27. The van der Waals surface area contributed by atoms with E-state index < -0.39 is 17.8 Å². The summed E-state index contributed by atoms with van der Waals surface area (Å²) in [4.78, 5) is 37.4. The van der Waals surface area contributed by atoms with Crippen LogP contribution in [0.4, 0.5) is 10.5 Å². The second kappa shape index (κ2) is 6.01. The molecule has 0 aromatic heterocycles. The zero-order valence-electron chi connectivity index (χ0n) is 11.6. The lowest BCUT2D eigenvalue weighted by Crippen LogP contribution is -2.38. The number of benzene rings is 1. The number of hydrogen-bond acceptors (Lipinski definition) is 4. The molecule has 4 amide bonds. The van der Waals surface area contributed by atoms with Crippen LogP contribution in [-0.2, 0) is 9.59 Å². The van der Waals surface area contributed by atoms with E-state index in [0.29, 0.717) is 16.5 Å². The van der Waals surface area contributed by atoms with Gasteiger partial charge in [0.05, 0.1) is 12.8 Å². The molecule has 1 aromatic rings. The first-order valence-electron chi connectivity index (χ1n) is 6.11. The average Bonchev–Trinajstić information content (AvgIpc) is 2.66. The highest BCUT2D eigenvalue weighted by atomic mass is 35.5. The molecule has 1 aliphatic heterocycles. The van der Waals surface area contributed by atoms with Crippen LogP contribution < -0.4 is 10.1 Å². The molecule has 2 rings (SSSR count). The normalized spacial score (nSPS) is 14.6. The fraction of sp³-hybridized carbons (Fsp3) is 0.308. The minimum Gasteiger partial charge on any atom is -0.495 e. The van der Waals surface area contributed by atoms with Crippen molar-refractivity contribution in [1.29, 1.82) is 0 Å². The molecule has 0 aliphatic carbocycles. The van der Waals surface area contributed by atoms with Gasteiger partial charge in [0, 0.05) is 12.1 Å². The summed E-state index contributed by atoms with van der Waals surface area (Å²) in [5, 5.41) is 3.00. The van der Waals surface area contributed by atoms with E-state index in [1.807, 2.05) is 0 Å². The zero-order chi connectivity index (χ0) is 15.6. The second-order valence-corrected chi connectivity index (χ2v) is 4.95. The lowest BCUT2D eigenvalue weighted by atomic mass is 10.3. The number of carbonyl (C=O) groups excluding carboxylic acids is 3. The predicted molar refractivity (Wildman–Crippen MR) is 76.4 cm³/mol. The molecular formula is C13H14ClN3O4. The van der Waals surface area contributed by atoms with Crippen LogP contribution in [-0.4, -0.2) is 54.9 Å². The molecule has 1 fully saturated rings. The molecule has 1 aromatic carbocycles. The zero-order valence-corrected chi connectivity index (χ0v) is 12.3. The maximum atomic E-state index is 12.0. The van der Waals surface area contributed by atoms with Gasteiger partial charge in [0.2, 0.25) is 5.91 Å². The van der Waals surface area contributed by atoms with E-state index in [1.54, 1.807) is 12.1 Å². The van der Waals surface area contributed by atoms with Gasteiger partial charge in [-0.15, -0.1) is 0 Å². The smallest absolute Gasteiger partial charge is 0.327 e. The Balaban J connectivity index is 2.07. The Labute approximate surface area is 126 Å². The Morgan fingerprint density at radius 1 is 1.43 bits per heavy atom. The lowest BCUT2D eigenvalue weighted by molar-refractivity contribution is -0.129. The van der Waals surface area contributed by atoms with Crippen LogP contribution in [0.3, 0.4) is 0 Å². The number of rotatable bonds is 4. The number of methoxy groups -OCH3 is 1. The van der Waals surface area contributed by atoms with E-state index >= 15 is 0 Å². The molecule has 21 heavy (non-hydrogen) atoms. The monoisotopic (exact) mass is 311 g/mol. The van der Waals surface area contributed by atoms with Gasteiger partial charge in [-0.2, -0.15) is 0 Å². The highest BCUT2D eigenvalue weighted by Gasteiger charge is 2.34. The van der Waals surface area contributed by atoms with Crippen molar-refractivity contribution in [2.75, 3.05) is 32.6 Å². The largest absolute Gasteiger partial charge is 0.495 e. The van der Waals surface area contributed by atoms with Gasteiger partial charge >= 0.3 is 6.03 Å². The molecule has 0 saturated carbocycles. The van der Waals surface area contributed by atoms with Gasteiger partial charge in [-0.05, 0) is 18.2 Å². The van der Waals surface area contributed by atoms with E-state index in [9.17, 15) is 14.4 Å². The van der Waals surface area contributed by atoms with Crippen molar-refractivity contribution in [3.63, 3.8) is 0 Å². The van der Waals surface area contributed by atoms with Crippen molar-refractivity contribution < 1.29 is 19.1 Å². The molecule has 0 spiro atoms. The van der Waals surface area contributed by atoms with Gasteiger partial charge in [0.25, 0.3) is 5.91 Å². The number of hydrogen-bond donors (Lipinski definition) is 1. The number of nitrogens with zero attached hydrogens (tertiary/aromatic N) is 2. The molecule has 8 heteroatoms. The third kappa shape index (κ3) is 3.25. The van der Waals surface area contributed by atoms with Gasteiger partial charge in [0.1, 0.15) is 18.8 Å². The SMILES string of the molecule is COc1ccc(Cl)cc1NC(=O)CN1C(=O)CN(C)C1=O. The molecule has 0 atom stereocenters. The summed E-state index contributed by atoms with van der Waals surface area (Å²) in [6.07, 6.45) is 0. The fourth-order valence-corrected chi connectivity index (χ4v) is 2.11. The van der Waals surface area contributed by atoms with E-state index in [0.717, 1.165) is 4.90 Å². The molecule has 0 unspecified atom stereocenters. The summed E-state index contributed by atoms with van der Waals surface area (Å²) >= 11 is 5.86. The van der Waals surface area contributed by atoms with E-state index in [1.165, 1.54) is 25.1 Å². The summed E-state index contributed by atoms with van der Waals surface area (Å²) in [5.41, 5.74) is 0.377. The lowest BCUT2D eigenvalue weighted by Gasteiger charge is -2.15. The molecule has 7 nitrogen and oxygen atoms in total. The number of imide groups is 1. The van der Waals surface area contributed by atoms with Crippen molar-refractivity contribution in [3.8, 4) is 5.75 Å². The first kappa shape index (κ1) is 15.1. The van der Waals surface area contributed by atoms with Gasteiger partial charge in [-0.25, -0.2) is 4.79 Å². The van der Waals surface area contributed by atoms with Gasteiger partial charge in [0.15, 0.2) is 0 Å². The topological polar surface area (TPSA) is 79.0 Å². The molecule has 112 valence electrons. The fourth-order valence-electron chi connectivity index (χ4n) is 1.94. The average molecular weight is 312 g/mol. The van der Waals surface area contributed by atoms with Crippen molar-refractivity contribution >= 4 is 35.1 Å². The van der Waals surface area contributed by atoms with Crippen LogP contribution in [0, 0.1) is 0 Å². The van der Waals surface area contributed by atoms with Crippen LogP contribution >= 0.6 is 11.6 Å². The Morgan fingerprint density at radius 3 is 2.71 bits per heavy atom.